The van der Waals surface area contributed by atoms with Gasteiger partial charge in [0, 0.05) is 17.7 Å². The number of rotatable bonds is 4. The van der Waals surface area contributed by atoms with Crippen molar-refractivity contribution in [3.63, 3.8) is 0 Å². The normalized spacial score (nSPS) is 11.5. The van der Waals surface area contributed by atoms with Gasteiger partial charge in [0.25, 0.3) is 0 Å². The minimum Gasteiger partial charge on any atom is -0.422 e. The lowest BCUT2D eigenvalue weighted by Crippen LogP contribution is -2.22. The molecule has 0 spiro atoms. The molecule has 2 heterocycles. The zero-order valence-corrected chi connectivity index (χ0v) is 17.2. The molecule has 10 heteroatoms. The first kappa shape index (κ1) is 20.0. The Hall–Kier alpha value is -3.34. The number of sulfonamides is 1. The number of anilines is 2. The van der Waals surface area contributed by atoms with E-state index in [0.29, 0.717) is 22.1 Å². The van der Waals surface area contributed by atoms with Gasteiger partial charge >= 0.3 is 5.63 Å². The molecule has 0 fully saturated rings. The SMILES string of the molecule is CC(=O)N(c1ccc(S(N)(=O)=O)cc1)c1nc(-c2cc3ccccc3oc2=O)cs1. The van der Waals surface area contributed by atoms with E-state index in [1.54, 1.807) is 23.6 Å². The zero-order chi connectivity index (χ0) is 21.5. The molecule has 8 nitrogen and oxygen atoms in total. The van der Waals surface area contributed by atoms with Gasteiger partial charge in [-0.1, -0.05) is 18.2 Å². The van der Waals surface area contributed by atoms with Gasteiger partial charge in [0.1, 0.15) is 5.58 Å². The summed E-state index contributed by atoms with van der Waals surface area (Å²) in [7, 11) is -3.85. The fourth-order valence-corrected chi connectivity index (χ4v) is 4.35. The number of hydrogen-bond donors (Lipinski definition) is 1. The molecule has 0 atom stereocenters. The third-order valence-electron chi connectivity index (χ3n) is 4.34. The lowest BCUT2D eigenvalue weighted by atomic mass is 10.1. The molecular formula is C20H15N3O5S2. The molecule has 30 heavy (non-hydrogen) atoms. The predicted octanol–water partition coefficient (Wildman–Crippen LogP) is 3.25. The zero-order valence-electron chi connectivity index (χ0n) is 15.6. The van der Waals surface area contributed by atoms with E-state index in [0.717, 1.165) is 5.39 Å². The van der Waals surface area contributed by atoms with Crippen LogP contribution in [0.2, 0.25) is 0 Å². The van der Waals surface area contributed by atoms with Crippen molar-refractivity contribution in [1.82, 2.24) is 4.98 Å². The topological polar surface area (TPSA) is 124 Å². The van der Waals surface area contributed by atoms with Gasteiger partial charge in [-0.05, 0) is 36.4 Å². The summed E-state index contributed by atoms with van der Waals surface area (Å²) in [4.78, 5) is 30.4. The second-order valence-corrected chi connectivity index (χ2v) is 8.79. The van der Waals surface area contributed by atoms with Gasteiger partial charge in [-0.15, -0.1) is 11.3 Å². The van der Waals surface area contributed by atoms with Crippen LogP contribution in [0, 0.1) is 0 Å². The molecule has 0 saturated heterocycles. The largest absolute Gasteiger partial charge is 0.422 e. The molecule has 2 aromatic carbocycles. The Bertz CT molecular complexity index is 1420. The maximum atomic E-state index is 12.4. The van der Waals surface area contributed by atoms with Crippen molar-refractivity contribution in [3.8, 4) is 11.3 Å². The maximum absolute atomic E-state index is 12.4. The highest BCUT2D eigenvalue weighted by molar-refractivity contribution is 7.89. The van der Waals surface area contributed by atoms with Gasteiger partial charge in [0.05, 0.1) is 21.8 Å². The monoisotopic (exact) mass is 441 g/mol. The number of thiazole rings is 1. The smallest absolute Gasteiger partial charge is 0.345 e. The van der Waals surface area contributed by atoms with Crippen LogP contribution in [0.1, 0.15) is 6.92 Å². The van der Waals surface area contributed by atoms with Gasteiger partial charge < -0.3 is 4.42 Å². The summed E-state index contributed by atoms with van der Waals surface area (Å²) < 4.78 is 28.3. The van der Waals surface area contributed by atoms with Crippen LogP contribution >= 0.6 is 11.3 Å². The van der Waals surface area contributed by atoms with E-state index in [9.17, 15) is 18.0 Å². The second-order valence-electron chi connectivity index (χ2n) is 6.39. The van der Waals surface area contributed by atoms with Gasteiger partial charge in [-0.2, -0.15) is 0 Å². The number of benzene rings is 2. The van der Waals surface area contributed by atoms with Crippen LogP contribution in [0.5, 0.6) is 0 Å². The van der Waals surface area contributed by atoms with Crippen LogP contribution in [-0.2, 0) is 14.8 Å². The highest BCUT2D eigenvalue weighted by Crippen LogP contribution is 2.32. The number of carbonyl (C=O) groups excluding carboxylic acids is 1. The molecule has 0 bridgehead atoms. The molecule has 152 valence electrons. The van der Waals surface area contributed by atoms with Crippen LogP contribution in [-0.4, -0.2) is 19.3 Å². The molecule has 4 aromatic rings. The van der Waals surface area contributed by atoms with Crippen molar-refractivity contribution in [2.75, 3.05) is 4.90 Å². The number of para-hydroxylation sites is 1. The average molecular weight is 441 g/mol. The van der Waals surface area contributed by atoms with Crippen molar-refractivity contribution in [2.24, 2.45) is 5.14 Å². The highest BCUT2D eigenvalue weighted by Gasteiger charge is 2.20. The van der Waals surface area contributed by atoms with Crippen molar-refractivity contribution < 1.29 is 17.6 Å². The van der Waals surface area contributed by atoms with Crippen molar-refractivity contribution in [1.29, 1.82) is 0 Å². The summed E-state index contributed by atoms with van der Waals surface area (Å²) in [6, 6.07) is 14.4. The third kappa shape index (κ3) is 3.75. The second kappa shape index (κ2) is 7.48. The standard InChI is InChI=1S/C20H15N3O5S2/c1-12(24)23(14-6-8-15(9-7-14)30(21,26)27)20-22-17(11-29-20)16-10-13-4-2-3-5-18(13)28-19(16)25/h2-11H,1H3,(H2,21,26,27). The van der Waals surface area contributed by atoms with Gasteiger partial charge in [-0.3, -0.25) is 9.69 Å². The number of nitrogens with zero attached hydrogens (tertiary/aromatic N) is 2. The fourth-order valence-electron chi connectivity index (χ4n) is 2.94. The lowest BCUT2D eigenvalue weighted by Gasteiger charge is -2.18. The molecule has 0 saturated carbocycles. The van der Waals surface area contributed by atoms with Gasteiger partial charge in [0.15, 0.2) is 5.13 Å². The Morgan fingerprint density at radius 2 is 1.83 bits per heavy atom. The molecule has 0 aliphatic rings. The van der Waals surface area contributed by atoms with Crippen LogP contribution in [0.3, 0.4) is 0 Å². The summed E-state index contributed by atoms with van der Waals surface area (Å²) in [6.07, 6.45) is 0. The first-order valence-corrected chi connectivity index (χ1v) is 11.1. The molecule has 0 radical (unpaired) electrons. The Balaban J connectivity index is 1.75. The Morgan fingerprint density at radius 3 is 2.50 bits per heavy atom. The van der Waals surface area contributed by atoms with Gasteiger partial charge in [0.2, 0.25) is 15.9 Å². The predicted molar refractivity (Wildman–Crippen MR) is 114 cm³/mol. The Morgan fingerprint density at radius 1 is 1.13 bits per heavy atom. The van der Waals surface area contributed by atoms with Crippen LogP contribution in [0.25, 0.3) is 22.2 Å². The number of amides is 1. The van der Waals surface area contributed by atoms with Crippen molar-refractivity contribution in [2.45, 2.75) is 11.8 Å². The maximum Gasteiger partial charge on any atom is 0.345 e. The number of carbonyl (C=O) groups is 1. The van der Waals surface area contributed by atoms with E-state index in [2.05, 4.69) is 4.98 Å². The summed E-state index contributed by atoms with van der Waals surface area (Å²) in [6.45, 7) is 1.36. The van der Waals surface area contributed by atoms with Crippen LogP contribution in [0.15, 0.2) is 74.1 Å². The fraction of sp³-hybridized carbons (Fsp3) is 0.0500. The van der Waals surface area contributed by atoms with Crippen molar-refractivity contribution in [3.05, 3.63) is 70.4 Å². The summed E-state index contributed by atoms with van der Waals surface area (Å²) in [5.41, 5.74) is 1.02. The summed E-state index contributed by atoms with van der Waals surface area (Å²) in [5, 5.41) is 7.86. The molecule has 0 aliphatic heterocycles. The number of fused-ring (bicyclic) bond motifs is 1. The third-order valence-corrected chi connectivity index (χ3v) is 6.09. The lowest BCUT2D eigenvalue weighted by molar-refractivity contribution is -0.115. The summed E-state index contributed by atoms with van der Waals surface area (Å²) >= 11 is 1.17. The quantitative estimate of drug-likeness (QED) is 0.485. The molecular weight excluding hydrogens is 426 g/mol. The molecule has 0 aliphatic carbocycles. The Labute approximate surface area is 175 Å². The van der Waals surface area contributed by atoms with E-state index >= 15 is 0 Å². The number of hydrogen-bond acceptors (Lipinski definition) is 7. The first-order valence-electron chi connectivity index (χ1n) is 8.66. The van der Waals surface area contributed by atoms with E-state index in [-0.39, 0.29) is 16.4 Å². The number of nitrogens with two attached hydrogens (primary N) is 1. The first-order chi connectivity index (χ1) is 14.2. The van der Waals surface area contributed by atoms with Crippen molar-refractivity contribution >= 4 is 49.1 Å². The minimum atomic E-state index is -3.85. The molecule has 2 N–H and O–H groups in total. The minimum absolute atomic E-state index is 0.0663. The number of primary sulfonamides is 1. The van der Waals surface area contributed by atoms with E-state index in [1.807, 2.05) is 12.1 Å². The Kier molecular flexibility index (Phi) is 4.98. The molecule has 2 aromatic heterocycles. The van der Waals surface area contributed by atoms with E-state index < -0.39 is 15.6 Å². The molecule has 0 unspecified atom stereocenters. The van der Waals surface area contributed by atoms with Crippen LogP contribution in [0.4, 0.5) is 10.8 Å². The van der Waals surface area contributed by atoms with Crippen LogP contribution < -0.4 is 15.7 Å². The molecule has 4 rings (SSSR count). The average Bonchev–Trinajstić information content (AvgIpc) is 3.16. The van der Waals surface area contributed by atoms with E-state index in [4.69, 9.17) is 9.56 Å². The summed E-state index contributed by atoms with van der Waals surface area (Å²) in [5.74, 6) is -0.329. The van der Waals surface area contributed by atoms with Gasteiger partial charge in [-0.25, -0.2) is 23.3 Å². The van der Waals surface area contributed by atoms with E-state index in [1.165, 1.54) is 47.4 Å². The molecule has 1 amide bonds. The highest BCUT2D eigenvalue weighted by atomic mass is 32.2. The number of aromatic nitrogens is 1.